The van der Waals surface area contributed by atoms with Crippen molar-refractivity contribution < 1.29 is 4.79 Å². The lowest BCUT2D eigenvalue weighted by Gasteiger charge is -2.21. The third kappa shape index (κ3) is 3.24. The number of rotatable bonds is 4. The molecule has 0 aromatic carbocycles. The summed E-state index contributed by atoms with van der Waals surface area (Å²) in [5, 5.41) is 3.17. The first-order valence-corrected chi connectivity index (χ1v) is 10.8. The average molecular weight is 415 g/mol. The largest absolute Gasteiger partial charge is 0.370 e. The molecule has 6 nitrogen and oxygen atoms in total. The summed E-state index contributed by atoms with van der Waals surface area (Å²) >= 11 is 6.74. The van der Waals surface area contributed by atoms with E-state index in [1.165, 1.54) is 16.2 Å². The second kappa shape index (κ2) is 7.67. The summed E-state index contributed by atoms with van der Waals surface area (Å²) in [6, 6.07) is 3.93. The first-order chi connectivity index (χ1) is 13.5. The highest BCUT2D eigenvalue weighted by Crippen LogP contribution is 2.38. The highest BCUT2D eigenvalue weighted by molar-refractivity contribution is 8.26. The molecule has 1 aliphatic heterocycles. The van der Waals surface area contributed by atoms with Crippen molar-refractivity contribution in [2.24, 2.45) is 0 Å². The predicted molar refractivity (Wildman–Crippen MR) is 118 cm³/mol. The number of pyridine rings is 1. The molecule has 8 heteroatoms. The Bertz CT molecular complexity index is 1050. The van der Waals surface area contributed by atoms with Crippen LogP contribution in [0, 0.1) is 6.92 Å². The summed E-state index contributed by atoms with van der Waals surface area (Å²) in [4.78, 5) is 33.0. The Hall–Kier alpha value is -2.19. The van der Waals surface area contributed by atoms with Crippen LogP contribution in [0.3, 0.4) is 0 Å². The molecule has 1 saturated carbocycles. The summed E-state index contributed by atoms with van der Waals surface area (Å²) in [5.74, 6) is 0.394. The maximum atomic E-state index is 13.2. The van der Waals surface area contributed by atoms with Crippen LogP contribution in [0.1, 0.15) is 43.7 Å². The molecule has 2 aromatic heterocycles. The molecule has 0 radical (unpaired) electrons. The Balaban J connectivity index is 1.81. The fourth-order valence-electron chi connectivity index (χ4n) is 3.83. The number of aromatic nitrogens is 2. The van der Waals surface area contributed by atoms with Crippen LogP contribution in [0.25, 0.3) is 11.7 Å². The number of hydrogen-bond donors (Lipinski definition) is 1. The van der Waals surface area contributed by atoms with Gasteiger partial charge in [0.15, 0.2) is 0 Å². The summed E-state index contributed by atoms with van der Waals surface area (Å²) < 4.78 is 2.11. The van der Waals surface area contributed by atoms with E-state index in [0.717, 1.165) is 31.2 Å². The van der Waals surface area contributed by atoms with E-state index in [2.05, 4.69) is 10.3 Å². The zero-order chi connectivity index (χ0) is 19.8. The van der Waals surface area contributed by atoms with Gasteiger partial charge >= 0.3 is 0 Å². The number of nitrogens with zero attached hydrogens (tertiary/aromatic N) is 3. The van der Waals surface area contributed by atoms with Crippen molar-refractivity contribution in [3.8, 4) is 0 Å². The van der Waals surface area contributed by atoms with Crippen LogP contribution < -0.4 is 10.9 Å². The molecule has 1 amide bonds. The topological polar surface area (TPSA) is 66.7 Å². The number of nitrogens with one attached hydrogen (secondary N) is 1. The van der Waals surface area contributed by atoms with Crippen LogP contribution in [0.2, 0.25) is 0 Å². The molecule has 2 fully saturated rings. The first kappa shape index (κ1) is 19.1. The molecular formula is C20H22N4O2S2. The van der Waals surface area contributed by atoms with E-state index in [0.29, 0.717) is 32.8 Å². The van der Waals surface area contributed by atoms with Gasteiger partial charge in [0.1, 0.15) is 15.8 Å². The zero-order valence-electron chi connectivity index (χ0n) is 15.9. The highest BCUT2D eigenvalue weighted by atomic mass is 32.2. The van der Waals surface area contributed by atoms with E-state index in [1.807, 2.05) is 26.0 Å². The Kier molecular flexibility index (Phi) is 5.25. The van der Waals surface area contributed by atoms with Gasteiger partial charge in [-0.05, 0) is 44.4 Å². The second-order valence-corrected chi connectivity index (χ2v) is 8.76. The molecule has 2 aromatic rings. The van der Waals surface area contributed by atoms with Crippen molar-refractivity contribution in [2.75, 3.05) is 11.9 Å². The molecule has 146 valence electrons. The zero-order valence-corrected chi connectivity index (χ0v) is 17.5. The number of hydrogen-bond acceptors (Lipinski definition) is 6. The van der Waals surface area contributed by atoms with E-state index < -0.39 is 0 Å². The summed E-state index contributed by atoms with van der Waals surface area (Å²) in [7, 11) is 0. The van der Waals surface area contributed by atoms with Crippen LogP contribution in [0.5, 0.6) is 0 Å². The van der Waals surface area contributed by atoms with E-state index >= 15 is 0 Å². The smallest absolute Gasteiger partial charge is 0.267 e. The summed E-state index contributed by atoms with van der Waals surface area (Å²) in [5.41, 5.74) is 1.71. The standard InChI is InChI=1S/C20H22N4O2S2/c1-3-21-16-14(18(25)23-10-6-7-12(2)17(23)22-16)11-15-19(26)24(20(27)28-15)13-8-4-5-9-13/h6-7,10-11,13,21H,3-5,8-9H2,1-2H3/b15-11-. The molecule has 0 bridgehead atoms. The number of carbonyl (C=O) groups excluding carboxylic acids is 1. The Morgan fingerprint density at radius 3 is 2.82 bits per heavy atom. The van der Waals surface area contributed by atoms with Gasteiger partial charge in [-0.1, -0.05) is 42.9 Å². The van der Waals surface area contributed by atoms with Gasteiger partial charge in [-0.15, -0.1) is 0 Å². The van der Waals surface area contributed by atoms with E-state index in [9.17, 15) is 9.59 Å². The fourth-order valence-corrected chi connectivity index (χ4v) is 5.21. The van der Waals surface area contributed by atoms with Crippen LogP contribution >= 0.6 is 24.0 Å². The van der Waals surface area contributed by atoms with E-state index in [-0.39, 0.29) is 17.5 Å². The molecule has 3 heterocycles. The number of fused-ring (bicyclic) bond motifs is 1. The van der Waals surface area contributed by atoms with Gasteiger partial charge in [-0.25, -0.2) is 4.98 Å². The van der Waals surface area contributed by atoms with Gasteiger partial charge in [0.25, 0.3) is 11.5 Å². The number of thiocarbonyl (C=S) groups is 1. The molecule has 2 aliphatic rings. The number of thioether (sulfide) groups is 1. The first-order valence-electron chi connectivity index (χ1n) is 9.54. The van der Waals surface area contributed by atoms with Gasteiger partial charge in [0.2, 0.25) is 0 Å². The van der Waals surface area contributed by atoms with Gasteiger partial charge < -0.3 is 5.32 Å². The van der Waals surface area contributed by atoms with Crippen molar-refractivity contribution in [3.05, 3.63) is 44.7 Å². The number of carbonyl (C=O) groups is 1. The van der Waals surface area contributed by atoms with Gasteiger partial charge in [0, 0.05) is 18.8 Å². The van der Waals surface area contributed by atoms with Gasteiger partial charge in [-0.2, -0.15) is 0 Å². The van der Waals surface area contributed by atoms with Crippen LogP contribution in [-0.2, 0) is 4.79 Å². The number of amides is 1. The van der Waals surface area contributed by atoms with Crippen molar-refractivity contribution in [1.29, 1.82) is 0 Å². The lowest BCUT2D eigenvalue weighted by atomic mass is 10.2. The molecule has 0 spiro atoms. The minimum absolute atomic E-state index is 0.0990. The molecule has 0 atom stereocenters. The monoisotopic (exact) mass is 414 g/mol. The SMILES string of the molecule is CCNc1nc2c(C)cccn2c(=O)c1/C=C1\SC(=S)N(C2CCCC2)C1=O. The predicted octanol–water partition coefficient (Wildman–Crippen LogP) is 3.58. The van der Waals surface area contributed by atoms with E-state index in [1.54, 1.807) is 17.2 Å². The Morgan fingerprint density at radius 2 is 2.11 bits per heavy atom. The van der Waals surface area contributed by atoms with E-state index in [4.69, 9.17) is 12.2 Å². The third-order valence-electron chi connectivity index (χ3n) is 5.22. The third-order valence-corrected chi connectivity index (χ3v) is 6.55. The fraction of sp³-hybridized carbons (Fsp3) is 0.400. The highest BCUT2D eigenvalue weighted by Gasteiger charge is 2.38. The number of aryl methyl sites for hydroxylation is 1. The average Bonchev–Trinajstić information content (AvgIpc) is 3.27. The lowest BCUT2D eigenvalue weighted by molar-refractivity contribution is -0.123. The van der Waals surface area contributed by atoms with Crippen molar-refractivity contribution in [1.82, 2.24) is 14.3 Å². The molecule has 4 rings (SSSR count). The van der Waals surface area contributed by atoms with Crippen LogP contribution in [-0.4, -0.2) is 37.1 Å². The van der Waals surface area contributed by atoms with Crippen molar-refractivity contribution in [3.63, 3.8) is 0 Å². The molecule has 1 saturated heterocycles. The normalized spacial score (nSPS) is 19.4. The van der Waals surface area contributed by atoms with Crippen molar-refractivity contribution >= 4 is 51.7 Å². The van der Waals surface area contributed by atoms with Crippen molar-refractivity contribution in [2.45, 2.75) is 45.6 Å². The van der Waals surface area contributed by atoms with Crippen LogP contribution in [0.4, 0.5) is 5.82 Å². The quantitative estimate of drug-likeness (QED) is 0.609. The second-order valence-electron chi connectivity index (χ2n) is 7.08. The summed E-state index contributed by atoms with van der Waals surface area (Å²) in [6.07, 6.45) is 7.58. The minimum Gasteiger partial charge on any atom is -0.370 e. The number of anilines is 1. The Labute approximate surface area is 173 Å². The van der Waals surface area contributed by atoms with Gasteiger partial charge in [-0.3, -0.25) is 18.9 Å². The maximum absolute atomic E-state index is 13.2. The van der Waals surface area contributed by atoms with Gasteiger partial charge in [0.05, 0.1) is 10.5 Å². The molecule has 1 N–H and O–H groups in total. The minimum atomic E-state index is -0.198. The maximum Gasteiger partial charge on any atom is 0.267 e. The van der Waals surface area contributed by atoms with Crippen LogP contribution in [0.15, 0.2) is 28.0 Å². The Morgan fingerprint density at radius 1 is 1.36 bits per heavy atom. The molecule has 1 aliphatic carbocycles. The lowest BCUT2D eigenvalue weighted by Crippen LogP contribution is -2.36. The molecule has 28 heavy (non-hydrogen) atoms. The summed E-state index contributed by atoms with van der Waals surface area (Å²) in [6.45, 7) is 4.49. The molecular weight excluding hydrogens is 392 g/mol. The molecule has 0 unspecified atom stereocenters.